The van der Waals surface area contributed by atoms with Gasteiger partial charge in [0, 0.05) is 38.1 Å². The third-order valence-corrected chi connectivity index (χ3v) is 11.5. The number of carbonyl (C=O) groups excluding carboxylic acids is 1. The summed E-state index contributed by atoms with van der Waals surface area (Å²) in [4.78, 5) is 19.8. The van der Waals surface area contributed by atoms with Crippen LogP contribution < -0.4 is 10.1 Å². The van der Waals surface area contributed by atoms with Crippen LogP contribution in [-0.4, -0.2) is 70.3 Å². The van der Waals surface area contributed by atoms with Crippen LogP contribution >= 0.6 is 0 Å². The number of allylic oxidation sites excluding steroid dienone is 1. The smallest absolute Gasteiger partial charge is 0.201 e. The Hall–Kier alpha value is -4.57. The largest absolute Gasteiger partial charge is 0.508 e. The molecule has 6 rings (SSSR count). The molecular weight excluding hydrogens is 665 g/mol. The van der Waals surface area contributed by atoms with E-state index < -0.39 is 5.60 Å². The Labute approximate surface area is 314 Å². The lowest BCUT2D eigenvalue weighted by molar-refractivity contribution is -0.104. The number of aliphatic hydroxyl groups is 1. The van der Waals surface area contributed by atoms with Gasteiger partial charge in [-0.2, -0.15) is 0 Å². The van der Waals surface area contributed by atoms with Crippen molar-refractivity contribution in [3.63, 3.8) is 0 Å². The number of hydrogen-bond acceptors (Lipinski definition) is 7. The summed E-state index contributed by atoms with van der Waals surface area (Å²) in [5.74, 6) is 2.38. The Morgan fingerprint density at radius 1 is 1.02 bits per heavy atom. The van der Waals surface area contributed by atoms with Crippen LogP contribution in [0.3, 0.4) is 0 Å². The van der Waals surface area contributed by atoms with Gasteiger partial charge in [-0.15, -0.1) is 0 Å². The molecule has 9 nitrogen and oxygen atoms in total. The molecule has 2 aliphatic rings. The van der Waals surface area contributed by atoms with E-state index in [1.165, 1.54) is 36.5 Å². The molecule has 2 aliphatic carbocycles. The molecule has 9 heteroatoms. The van der Waals surface area contributed by atoms with Gasteiger partial charge in [0.25, 0.3) is 0 Å². The van der Waals surface area contributed by atoms with Crippen molar-refractivity contribution >= 4 is 12.4 Å². The second kappa shape index (κ2) is 18.0. The van der Waals surface area contributed by atoms with Crippen LogP contribution in [0, 0.1) is 12.8 Å². The van der Waals surface area contributed by atoms with Gasteiger partial charge in [0.05, 0.1) is 24.1 Å². The Morgan fingerprint density at radius 2 is 1.72 bits per heavy atom. The number of ether oxygens (including phenoxy) is 2. The number of aldehydes is 1. The average Bonchev–Trinajstić information content (AvgIpc) is 3.90. The molecule has 1 atom stereocenters. The normalized spacial score (nSPS) is 18.6. The first kappa shape index (κ1) is 38.2. The SMILES string of the molecule is C=C(OC1CCC(N(C)CCCOc2ccc(CNCC(c3ccc(O)c(C)c3/C=C\C=O)C3CCC3)cc2)CC1)C(O)(c1ccc[nH]1)c1ccc[nH]1. The quantitative estimate of drug-likeness (QED) is 0.0291. The van der Waals surface area contributed by atoms with Gasteiger partial charge in [0.1, 0.15) is 23.5 Å². The number of aromatic amines is 2. The second-order valence-corrected chi connectivity index (χ2v) is 14.8. The molecule has 0 spiro atoms. The molecule has 2 aromatic heterocycles. The number of nitrogens with one attached hydrogen (secondary N) is 3. The molecule has 0 bridgehead atoms. The third kappa shape index (κ3) is 9.15. The van der Waals surface area contributed by atoms with Crippen molar-refractivity contribution in [3.05, 3.63) is 125 Å². The molecule has 0 radical (unpaired) electrons. The zero-order valence-electron chi connectivity index (χ0n) is 31.2. The van der Waals surface area contributed by atoms with E-state index in [2.05, 4.69) is 58.1 Å². The van der Waals surface area contributed by atoms with Crippen LogP contribution in [0.1, 0.15) is 90.9 Å². The summed E-state index contributed by atoms with van der Waals surface area (Å²) in [7, 11) is 2.20. The van der Waals surface area contributed by atoms with Gasteiger partial charge in [-0.3, -0.25) is 4.79 Å². The highest BCUT2D eigenvalue weighted by Gasteiger charge is 2.40. The number of carbonyl (C=O) groups is 1. The highest BCUT2D eigenvalue weighted by atomic mass is 16.5. The van der Waals surface area contributed by atoms with E-state index in [1.807, 2.05) is 43.3 Å². The standard InChI is InChI=1S/C44H56N4O5/c1-31-38(11-7-27-49)39(22-23-41(31)50)40(34-9-4-10-34)30-45-29-33-14-18-36(19-15-33)52-28-8-26-48(3)35-16-20-37(21-17-35)53-32(2)44(51,42-12-5-24-46-42)43-13-6-25-47-43/h5-7,11-15,18-19,22-25,27,34-35,37,40,45-47,50-51H,2,4,8-10,16-17,20-21,26,28-30H2,1,3H3/b11-7-. The molecule has 2 saturated carbocycles. The van der Waals surface area contributed by atoms with Gasteiger partial charge in [-0.25, -0.2) is 0 Å². The number of phenols is 1. The fourth-order valence-corrected chi connectivity index (χ4v) is 8.00. The predicted molar refractivity (Wildman–Crippen MR) is 210 cm³/mol. The van der Waals surface area contributed by atoms with Crippen LogP contribution in [0.15, 0.2) is 91.5 Å². The maximum absolute atomic E-state index is 11.7. The van der Waals surface area contributed by atoms with Crippen LogP contribution in [0.4, 0.5) is 0 Å². The van der Waals surface area contributed by atoms with E-state index in [0.717, 1.165) is 74.9 Å². The van der Waals surface area contributed by atoms with Crippen LogP contribution in [-0.2, 0) is 21.7 Å². The summed E-state index contributed by atoms with van der Waals surface area (Å²) in [6.07, 6.45) is 16.2. The molecule has 0 aliphatic heterocycles. The number of rotatable bonds is 19. The van der Waals surface area contributed by atoms with Gasteiger partial charge in [-0.1, -0.05) is 37.3 Å². The van der Waals surface area contributed by atoms with Crippen LogP contribution in [0.2, 0.25) is 0 Å². The number of aromatic nitrogens is 2. The molecule has 2 aromatic carbocycles. The lowest BCUT2D eigenvalue weighted by Gasteiger charge is -2.37. The van der Waals surface area contributed by atoms with E-state index in [0.29, 0.717) is 41.6 Å². The fraction of sp³-hybridized carbons (Fsp3) is 0.432. The maximum Gasteiger partial charge on any atom is 0.201 e. The van der Waals surface area contributed by atoms with E-state index in [-0.39, 0.29) is 11.9 Å². The third-order valence-electron chi connectivity index (χ3n) is 11.5. The first-order chi connectivity index (χ1) is 25.8. The molecule has 2 fully saturated rings. The zero-order valence-corrected chi connectivity index (χ0v) is 31.2. The number of hydrogen-bond donors (Lipinski definition) is 5. The summed E-state index contributed by atoms with van der Waals surface area (Å²) in [6, 6.07) is 20.1. The first-order valence-electron chi connectivity index (χ1n) is 19.2. The van der Waals surface area contributed by atoms with E-state index in [4.69, 9.17) is 9.47 Å². The highest BCUT2D eigenvalue weighted by Crippen LogP contribution is 2.42. The molecule has 0 amide bonds. The molecular formula is C44H56N4O5. The molecule has 2 heterocycles. The molecule has 282 valence electrons. The van der Waals surface area contributed by atoms with Gasteiger partial charge >= 0.3 is 0 Å². The van der Waals surface area contributed by atoms with Gasteiger partial charge < -0.3 is 39.9 Å². The summed E-state index contributed by atoms with van der Waals surface area (Å²) in [5, 5.41) is 25.7. The van der Waals surface area contributed by atoms with Crippen molar-refractivity contribution in [2.75, 3.05) is 26.7 Å². The molecule has 1 unspecified atom stereocenters. The van der Waals surface area contributed by atoms with E-state index in [1.54, 1.807) is 18.5 Å². The molecule has 0 saturated heterocycles. The number of phenolic OH excluding ortho intramolecular Hbond substituents is 1. The summed E-state index contributed by atoms with van der Waals surface area (Å²) in [6.45, 7) is 9.28. The molecule has 4 aromatic rings. The maximum atomic E-state index is 11.7. The van der Waals surface area contributed by atoms with Crippen molar-refractivity contribution in [1.82, 2.24) is 20.2 Å². The highest BCUT2D eigenvalue weighted by molar-refractivity contribution is 5.76. The zero-order chi connectivity index (χ0) is 37.2. The fourth-order valence-electron chi connectivity index (χ4n) is 8.00. The van der Waals surface area contributed by atoms with Crippen LogP contribution in [0.25, 0.3) is 6.08 Å². The Kier molecular flexibility index (Phi) is 12.9. The number of H-pyrrole nitrogens is 2. The van der Waals surface area contributed by atoms with Gasteiger partial charge in [-0.05, 0) is 142 Å². The topological polar surface area (TPSA) is 123 Å². The minimum absolute atomic E-state index is 0.0160. The Morgan fingerprint density at radius 3 is 2.32 bits per heavy atom. The van der Waals surface area contributed by atoms with E-state index >= 15 is 0 Å². The minimum atomic E-state index is -1.46. The number of benzene rings is 2. The van der Waals surface area contributed by atoms with Crippen LogP contribution in [0.5, 0.6) is 11.5 Å². The second-order valence-electron chi connectivity index (χ2n) is 14.8. The van der Waals surface area contributed by atoms with Crippen molar-refractivity contribution in [2.45, 2.75) is 88.5 Å². The average molecular weight is 721 g/mol. The summed E-state index contributed by atoms with van der Waals surface area (Å²) in [5.41, 5.74) is 3.95. The lowest BCUT2D eigenvalue weighted by atomic mass is 9.71. The lowest BCUT2D eigenvalue weighted by Crippen LogP contribution is -2.39. The Balaban J connectivity index is 0.908. The van der Waals surface area contributed by atoms with Crippen molar-refractivity contribution in [1.29, 1.82) is 0 Å². The van der Waals surface area contributed by atoms with Crippen molar-refractivity contribution in [3.8, 4) is 11.5 Å². The molecule has 53 heavy (non-hydrogen) atoms. The Bertz CT molecular complexity index is 1740. The number of aromatic hydroxyl groups is 1. The van der Waals surface area contributed by atoms with Crippen molar-refractivity contribution < 1.29 is 24.5 Å². The predicted octanol–water partition coefficient (Wildman–Crippen LogP) is 7.72. The minimum Gasteiger partial charge on any atom is -0.508 e. The van der Waals surface area contributed by atoms with Crippen molar-refractivity contribution in [2.24, 2.45) is 5.92 Å². The monoisotopic (exact) mass is 720 g/mol. The van der Waals surface area contributed by atoms with Gasteiger partial charge in [0.15, 0.2) is 0 Å². The first-order valence-corrected chi connectivity index (χ1v) is 19.2. The summed E-state index contributed by atoms with van der Waals surface area (Å²) >= 11 is 0. The summed E-state index contributed by atoms with van der Waals surface area (Å²) < 4.78 is 12.4. The molecule has 5 N–H and O–H groups in total. The van der Waals surface area contributed by atoms with Gasteiger partial charge in [0.2, 0.25) is 5.60 Å². The number of nitrogens with zero attached hydrogens (tertiary/aromatic N) is 1. The van der Waals surface area contributed by atoms with E-state index in [9.17, 15) is 15.0 Å².